The van der Waals surface area contributed by atoms with Crippen LogP contribution in [0.25, 0.3) is 11.0 Å². The molecule has 26 heavy (non-hydrogen) atoms. The number of alkyl halides is 2. The lowest BCUT2D eigenvalue weighted by atomic mass is 10.3. The first-order chi connectivity index (χ1) is 12.4. The molecule has 0 saturated heterocycles. The third kappa shape index (κ3) is 3.57. The van der Waals surface area contributed by atoms with Crippen molar-refractivity contribution in [3.8, 4) is 0 Å². The predicted molar refractivity (Wildman–Crippen MR) is 97.5 cm³/mol. The molecule has 0 radical (unpaired) electrons. The van der Waals surface area contributed by atoms with E-state index in [1.807, 2.05) is 13.8 Å². The molecule has 9 heteroatoms. The van der Waals surface area contributed by atoms with Crippen molar-refractivity contribution in [1.29, 1.82) is 0 Å². The molecule has 6 nitrogen and oxygen atoms in total. The Labute approximate surface area is 153 Å². The van der Waals surface area contributed by atoms with Gasteiger partial charge in [0.2, 0.25) is 5.91 Å². The van der Waals surface area contributed by atoms with Crippen LogP contribution in [0.4, 0.5) is 14.6 Å². The minimum Gasteiger partial charge on any atom is -0.310 e. The number of nitrogens with one attached hydrogen (secondary N) is 1. The highest BCUT2D eigenvalue weighted by Crippen LogP contribution is 2.31. The minimum atomic E-state index is -2.73. The maximum atomic E-state index is 13.5. The van der Waals surface area contributed by atoms with E-state index < -0.39 is 11.8 Å². The van der Waals surface area contributed by atoms with Gasteiger partial charge in [0, 0.05) is 12.1 Å². The molecule has 1 amide bonds. The number of thioether (sulfide) groups is 1. The molecule has 0 spiro atoms. The van der Waals surface area contributed by atoms with Crippen LogP contribution in [0.3, 0.4) is 0 Å². The number of fused-ring (bicyclic) bond motifs is 1. The molecule has 1 aromatic carbocycles. The Balaban J connectivity index is 1.80. The quantitative estimate of drug-likeness (QED) is 0.648. The summed E-state index contributed by atoms with van der Waals surface area (Å²) in [7, 11) is 0. The van der Waals surface area contributed by atoms with Crippen LogP contribution in [0.2, 0.25) is 0 Å². The monoisotopic (exact) mass is 379 g/mol. The van der Waals surface area contributed by atoms with Crippen molar-refractivity contribution in [2.45, 2.75) is 43.8 Å². The number of nitrogens with zero attached hydrogens (tertiary/aromatic N) is 4. The molecule has 1 unspecified atom stereocenters. The van der Waals surface area contributed by atoms with Crippen LogP contribution in [-0.4, -0.2) is 30.5 Å². The molecule has 0 aliphatic carbocycles. The summed E-state index contributed by atoms with van der Waals surface area (Å²) < 4.78 is 29.5. The minimum absolute atomic E-state index is 0.0892. The highest BCUT2D eigenvalue weighted by atomic mass is 32.2. The van der Waals surface area contributed by atoms with Crippen LogP contribution in [0, 0.1) is 0 Å². The number of hydrogen-bond donors (Lipinski definition) is 1. The maximum Gasteiger partial charge on any atom is 0.321 e. The van der Waals surface area contributed by atoms with Crippen molar-refractivity contribution in [2.75, 3.05) is 5.32 Å². The molecule has 138 valence electrons. The first-order valence-corrected chi connectivity index (χ1v) is 9.02. The highest BCUT2D eigenvalue weighted by molar-refractivity contribution is 8.00. The summed E-state index contributed by atoms with van der Waals surface area (Å²) in [5.74, 6) is 0.269. The Morgan fingerprint density at radius 2 is 1.92 bits per heavy atom. The summed E-state index contributed by atoms with van der Waals surface area (Å²) in [5.41, 5.74) is 0.816. The number of imidazole rings is 1. The van der Waals surface area contributed by atoms with Gasteiger partial charge in [-0.1, -0.05) is 23.9 Å². The molecule has 2 aromatic heterocycles. The van der Waals surface area contributed by atoms with Crippen LogP contribution in [0.5, 0.6) is 0 Å². The number of carbonyl (C=O) groups is 1. The Morgan fingerprint density at radius 3 is 2.62 bits per heavy atom. The van der Waals surface area contributed by atoms with E-state index in [1.165, 1.54) is 0 Å². The van der Waals surface area contributed by atoms with Crippen molar-refractivity contribution in [1.82, 2.24) is 19.3 Å². The number of amides is 1. The van der Waals surface area contributed by atoms with Gasteiger partial charge in [-0.2, -0.15) is 13.9 Å². The average Bonchev–Trinajstić information content (AvgIpc) is 3.18. The van der Waals surface area contributed by atoms with Gasteiger partial charge in [-0.05, 0) is 32.9 Å². The average molecular weight is 379 g/mol. The van der Waals surface area contributed by atoms with E-state index >= 15 is 0 Å². The zero-order chi connectivity index (χ0) is 18.8. The molecule has 0 saturated carbocycles. The number of anilines is 1. The lowest BCUT2D eigenvalue weighted by molar-refractivity contribution is -0.115. The number of benzene rings is 1. The molecule has 0 bridgehead atoms. The van der Waals surface area contributed by atoms with Gasteiger partial charge in [0.25, 0.3) is 0 Å². The Hall–Kier alpha value is -2.42. The zero-order valence-corrected chi connectivity index (χ0v) is 15.4. The van der Waals surface area contributed by atoms with Gasteiger partial charge in [0.1, 0.15) is 5.82 Å². The second-order valence-corrected chi connectivity index (χ2v) is 7.34. The van der Waals surface area contributed by atoms with Crippen molar-refractivity contribution < 1.29 is 13.6 Å². The third-order valence-electron chi connectivity index (χ3n) is 3.82. The van der Waals surface area contributed by atoms with Crippen LogP contribution in [0.15, 0.2) is 41.7 Å². The fourth-order valence-electron chi connectivity index (χ4n) is 2.56. The lowest BCUT2D eigenvalue weighted by Gasteiger charge is -2.15. The summed E-state index contributed by atoms with van der Waals surface area (Å²) >= 11 is 0.999. The van der Waals surface area contributed by atoms with Crippen molar-refractivity contribution in [3.05, 3.63) is 36.5 Å². The van der Waals surface area contributed by atoms with Gasteiger partial charge >= 0.3 is 6.55 Å². The van der Waals surface area contributed by atoms with E-state index in [4.69, 9.17) is 0 Å². The van der Waals surface area contributed by atoms with E-state index in [1.54, 1.807) is 48.1 Å². The molecule has 1 N–H and O–H groups in total. The van der Waals surface area contributed by atoms with Crippen molar-refractivity contribution in [3.63, 3.8) is 0 Å². The zero-order valence-electron chi connectivity index (χ0n) is 14.6. The number of carbonyl (C=O) groups excluding carboxylic acids is 1. The summed E-state index contributed by atoms with van der Waals surface area (Å²) in [4.78, 5) is 16.7. The molecule has 1 atom stereocenters. The van der Waals surface area contributed by atoms with E-state index in [0.717, 1.165) is 16.3 Å². The second kappa shape index (κ2) is 7.45. The molecule has 3 aromatic rings. The number of halogens is 2. The summed E-state index contributed by atoms with van der Waals surface area (Å²) in [6.45, 7) is 2.82. The summed E-state index contributed by atoms with van der Waals surface area (Å²) in [5, 5.41) is 6.45. The van der Waals surface area contributed by atoms with E-state index in [-0.39, 0.29) is 17.1 Å². The maximum absolute atomic E-state index is 13.5. The van der Waals surface area contributed by atoms with Gasteiger partial charge in [0.05, 0.1) is 22.5 Å². The predicted octanol–water partition coefficient (Wildman–Crippen LogP) is 4.33. The van der Waals surface area contributed by atoms with E-state index in [2.05, 4.69) is 15.4 Å². The summed E-state index contributed by atoms with van der Waals surface area (Å²) in [6.07, 6.45) is 1.60. The largest absolute Gasteiger partial charge is 0.321 e. The van der Waals surface area contributed by atoms with Gasteiger partial charge in [-0.15, -0.1) is 0 Å². The lowest BCUT2D eigenvalue weighted by Crippen LogP contribution is -2.25. The van der Waals surface area contributed by atoms with Crippen LogP contribution in [-0.2, 0) is 4.79 Å². The second-order valence-electron chi connectivity index (χ2n) is 6.03. The number of rotatable bonds is 6. The highest BCUT2D eigenvalue weighted by Gasteiger charge is 2.23. The van der Waals surface area contributed by atoms with Gasteiger partial charge < -0.3 is 5.32 Å². The fraction of sp³-hybridized carbons (Fsp3) is 0.353. The molecule has 0 aliphatic rings. The van der Waals surface area contributed by atoms with Gasteiger partial charge in [0.15, 0.2) is 5.16 Å². The third-order valence-corrected chi connectivity index (χ3v) is 4.89. The standard InChI is InChI=1S/C17H19F2N5OS/c1-10(2)24-14(8-9-20-24)22-15(25)11(3)26-17-21-12-6-4-5-7-13(12)23(17)16(18)19/h4-11,16H,1-3H3,(H,22,25). The van der Waals surface area contributed by atoms with Crippen LogP contribution >= 0.6 is 11.8 Å². The fourth-order valence-corrected chi connectivity index (χ4v) is 3.48. The number of para-hydroxylation sites is 2. The molecular formula is C17H19F2N5OS. The van der Waals surface area contributed by atoms with Crippen LogP contribution < -0.4 is 5.32 Å². The number of aromatic nitrogens is 4. The normalized spacial score (nSPS) is 12.9. The molecule has 0 aliphatic heterocycles. The topological polar surface area (TPSA) is 64.7 Å². The van der Waals surface area contributed by atoms with Gasteiger partial charge in [-0.3, -0.25) is 9.36 Å². The van der Waals surface area contributed by atoms with Crippen LogP contribution in [0.1, 0.15) is 33.4 Å². The van der Waals surface area contributed by atoms with Gasteiger partial charge in [-0.25, -0.2) is 9.67 Å². The first-order valence-electron chi connectivity index (χ1n) is 8.14. The molecular weight excluding hydrogens is 360 g/mol. The summed E-state index contributed by atoms with van der Waals surface area (Å²) in [6, 6.07) is 8.47. The van der Waals surface area contributed by atoms with E-state index in [0.29, 0.717) is 16.9 Å². The Bertz CT molecular complexity index is 921. The smallest absolute Gasteiger partial charge is 0.310 e. The number of hydrogen-bond acceptors (Lipinski definition) is 4. The van der Waals surface area contributed by atoms with Crippen molar-refractivity contribution in [2.24, 2.45) is 0 Å². The molecule has 0 fully saturated rings. The Morgan fingerprint density at radius 1 is 1.19 bits per heavy atom. The molecule has 3 rings (SSSR count). The first kappa shape index (κ1) is 18.4. The van der Waals surface area contributed by atoms with Crippen molar-refractivity contribution >= 4 is 34.5 Å². The van der Waals surface area contributed by atoms with E-state index in [9.17, 15) is 13.6 Å². The Kier molecular flexibility index (Phi) is 5.26. The molecule has 2 heterocycles. The SMILES string of the molecule is CC(Sc1nc2ccccc2n1C(F)F)C(=O)Nc1ccnn1C(C)C.